The molecule has 2 aromatic carbocycles. The Morgan fingerprint density at radius 3 is 2.64 bits per heavy atom. The maximum absolute atomic E-state index is 11.4. The topological polar surface area (TPSA) is 38.3 Å². The van der Waals surface area contributed by atoms with Crippen molar-refractivity contribution in [3.8, 4) is 5.75 Å². The molecule has 1 aliphatic heterocycles. The summed E-state index contributed by atoms with van der Waals surface area (Å²) in [5, 5.41) is 2.65. The molecule has 0 unspecified atom stereocenters. The maximum atomic E-state index is 11.4. The minimum absolute atomic E-state index is 0.0463. The first kappa shape index (κ1) is 14.6. The molecule has 1 atom stereocenters. The number of ether oxygens (including phenoxy) is 1. The predicted molar refractivity (Wildman–Crippen MR) is 87.0 cm³/mol. The normalized spacial score (nSPS) is 16.5. The molecule has 3 heteroatoms. The van der Waals surface area contributed by atoms with Gasteiger partial charge in [-0.05, 0) is 35.6 Å². The lowest BCUT2D eigenvalue weighted by atomic mass is 9.90. The summed E-state index contributed by atoms with van der Waals surface area (Å²) in [5.74, 6) is 1.59. The van der Waals surface area contributed by atoms with Crippen LogP contribution in [0.4, 0.5) is 0 Å². The SMILES string of the molecule is CNC(=O)Cc1ccc(C[C@@H]2COc3ccccc3C2)cc1. The molecule has 1 aliphatic rings. The van der Waals surface area contributed by atoms with E-state index in [0.29, 0.717) is 12.3 Å². The monoisotopic (exact) mass is 295 g/mol. The Labute approximate surface area is 131 Å². The van der Waals surface area contributed by atoms with Gasteiger partial charge in [-0.3, -0.25) is 4.79 Å². The van der Waals surface area contributed by atoms with E-state index < -0.39 is 0 Å². The second-order valence-electron chi connectivity index (χ2n) is 5.86. The third-order valence-corrected chi connectivity index (χ3v) is 4.15. The van der Waals surface area contributed by atoms with Crippen molar-refractivity contribution in [3.63, 3.8) is 0 Å². The van der Waals surface area contributed by atoms with Crippen LogP contribution >= 0.6 is 0 Å². The molecular weight excluding hydrogens is 274 g/mol. The Bertz CT molecular complexity index is 649. The third kappa shape index (κ3) is 3.48. The largest absolute Gasteiger partial charge is 0.493 e. The van der Waals surface area contributed by atoms with Gasteiger partial charge in [-0.25, -0.2) is 0 Å². The number of carbonyl (C=O) groups excluding carboxylic acids is 1. The number of rotatable bonds is 4. The highest BCUT2D eigenvalue weighted by Gasteiger charge is 2.19. The molecule has 0 saturated heterocycles. The second kappa shape index (κ2) is 6.65. The molecule has 0 fully saturated rings. The van der Waals surface area contributed by atoms with Gasteiger partial charge in [0.05, 0.1) is 13.0 Å². The van der Waals surface area contributed by atoms with Crippen LogP contribution in [0.3, 0.4) is 0 Å². The van der Waals surface area contributed by atoms with Gasteiger partial charge in [0, 0.05) is 13.0 Å². The van der Waals surface area contributed by atoms with Crippen molar-refractivity contribution >= 4 is 5.91 Å². The molecule has 0 aromatic heterocycles. The number of para-hydroxylation sites is 1. The summed E-state index contributed by atoms with van der Waals surface area (Å²) < 4.78 is 5.85. The van der Waals surface area contributed by atoms with Gasteiger partial charge in [-0.2, -0.15) is 0 Å². The fourth-order valence-electron chi connectivity index (χ4n) is 2.92. The third-order valence-electron chi connectivity index (χ3n) is 4.15. The number of benzene rings is 2. The molecular formula is C19H21NO2. The van der Waals surface area contributed by atoms with E-state index in [1.165, 1.54) is 11.1 Å². The standard InChI is InChI=1S/C19H21NO2/c1-20-19(21)12-15-8-6-14(7-9-15)10-16-11-17-4-2-3-5-18(17)22-13-16/h2-9,16H,10-13H2,1H3,(H,20,21)/t16-/m0/s1. The van der Waals surface area contributed by atoms with Gasteiger partial charge in [0.2, 0.25) is 5.91 Å². The molecule has 1 heterocycles. The van der Waals surface area contributed by atoms with Crippen LogP contribution in [0.5, 0.6) is 5.75 Å². The second-order valence-corrected chi connectivity index (χ2v) is 5.86. The van der Waals surface area contributed by atoms with Crippen LogP contribution < -0.4 is 10.1 Å². The van der Waals surface area contributed by atoms with E-state index in [4.69, 9.17) is 4.74 Å². The molecule has 0 radical (unpaired) electrons. The first-order valence-electron chi connectivity index (χ1n) is 7.73. The molecule has 0 spiro atoms. The summed E-state index contributed by atoms with van der Waals surface area (Å²) in [6.07, 6.45) is 2.52. The lowest BCUT2D eigenvalue weighted by Crippen LogP contribution is -2.22. The molecule has 22 heavy (non-hydrogen) atoms. The lowest BCUT2D eigenvalue weighted by molar-refractivity contribution is -0.119. The Balaban J connectivity index is 1.61. The molecule has 0 aliphatic carbocycles. The van der Waals surface area contributed by atoms with Gasteiger partial charge in [-0.1, -0.05) is 42.5 Å². The van der Waals surface area contributed by atoms with E-state index in [0.717, 1.165) is 30.8 Å². The van der Waals surface area contributed by atoms with Gasteiger partial charge < -0.3 is 10.1 Å². The van der Waals surface area contributed by atoms with Crippen molar-refractivity contribution in [2.45, 2.75) is 19.3 Å². The van der Waals surface area contributed by atoms with Crippen LogP contribution in [-0.2, 0) is 24.1 Å². The minimum atomic E-state index is 0.0463. The van der Waals surface area contributed by atoms with Gasteiger partial charge in [-0.15, -0.1) is 0 Å². The molecule has 0 saturated carbocycles. The highest BCUT2D eigenvalue weighted by molar-refractivity contribution is 5.78. The summed E-state index contributed by atoms with van der Waals surface area (Å²) in [6, 6.07) is 16.6. The summed E-state index contributed by atoms with van der Waals surface area (Å²) in [7, 11) is 1.66. The number of carbonyl (C=O) groups is 1. The number of nitrogens with one attached hydrogen (secondary N) is 1. The quantitative estimate of drug-likeness (QED) is 0.942. The van der Waals surface area contributed by atoms with Crippen molar-refractivity contribution < 1.29 is 9.53 Å². The summed E-state index contributed by atoms with van der Waals surface area (Å²) in [5.41, 5.74) is 3.65. The smallest absolute Gasteiger partial charge is 0.224 e. The minimum Gasteiger partial charge on any atom is -0.493 e. The first-order valence-corrected chi connectivity index (χ1v) is 7.73. The van der Waals surface area contributed by atoms with Gasteiger partial charge >= 0.3 is 0 Å². The van der Waals surface area contributed by atoms with Crippen LogP contribution in [0.15, 0.2) is 48.5 Å². The van der Waals surface area contributed by atoms with E-state index >= 15 is 0 Å². The molecule has 114 valence electrons. The van der Waals surface area contributed by atoms with Crippen LogP contribution in [0, 0.1) is 5.92 Å². The Morgan fingerprint density at radius 2 is 1.86 bits per heavy atom. The Hall–Kier alpha value is -2.29. The zero-order valence-electron chi connectivity index (χ0n) is 12.8. The summed E-state index contributed by atoms with van der Waals surface area (Å²) >= 11 is 0. The lowest BCUT2D eigenvalue weighted by Gasteiger charge is -2.25. The highest BCUT2D eigenvalue weighted by atomic mass is 16.5. The van der Waals surface area contributed by atoms with E-state index in [1.54, 1.807) is 7.05 Å². The Morgan fingerprint density at radius 1 is 1.14 bits per heavy atom. The zero-order valence-corrected chi connectivity index (χ0v) is 12.8. The number of likely N-dealkylation sites (N-methyl/N-ethyl adjacent to an activating group) is 1. The van der Waals surface area contributed by atoms with Crippen LogP contribution in [0.25, 0.3) is 0 Å². The molecule has 0 bridgehead atoms. The maximum Gasteiger partial charge on any atom is 0.224 e. The van der Waals surface area contributed by atoms with E-state index in [1.807, 2.05) is 24.3 Å². The van der Waals surface area contributed by atoms with Crippen molar-refractivity contribution in [1.29, 1.82) is 0 Å². The van der Waals surface area contributed by atoms with Crippen molar-refractivity contribution in [2.75, 3.05) is 13.7 Å². The fourth-order valence-corrected chi connectivity index (χ4v) is 2.92. The Kier molecular flexibility index (Phi) is 4.42. The molecule has 1 amide bonds. The van der Waals surface area contributed by atoms with Gasteiger partial charge in [0.1, 0.15) is 5.75 Å². The number of fused-ring (bicyclic) bond motifs is 1. The van der Waals surface area contributed by atoms with E-state index in [9.17, 15) is 4.79 Å². The van der Waals surface area contributed by atoms with Crippen molar-refractivity contribution in [3.05, 3.63) is 65.2 Å². The van der Waals surface area contributed by atoms with Crippen molar-refractivity contribution in [1.82, 2.24) is 5.32 Å². The summed E-state index contributed by atoms with van der Waals surface area (Å²) in [4.78, 5) is 11.4. The number of amides is 1. The highest BCUT2D eigenvalue weighted by Crippen LogP contribution is 2.28. The average Bonchev–Trinajstić information content (AvgIpc) is 2.56. The first-order chi connectivity index (χ1) is 10.7. The molecule has 2 aromatic rings. The van der Waals surface area contributed by atoms with E-state index in [-0.39, 0.29) is 5.91 Å². The molecule has 1 N–H and O–H groups in total. The number of hydrogen-bond acceptors (Lipinski definition) is 2. The summed E-state index contributed by atoms with van der Waals surface area (Å²) in [6.45, 7) is 0.775. The zero-order chi connectivity index (χ0) is 15.4. The van der Waals surface area contributed by atoms with Crippen LogP contribution in [-0.4, -0.2) is 19.6 Å². The number of hydrogen-bond donors (Lipinski definition) is 1. The van der Waals surface area contributed by atoms with E-state index in [2.05, 4.69) is 29.6 Å². The molecule has 3 nitrogen and oxygen atoms in total. The van der Waals surface area contributed by atoms with Crippen molar-refractivity contribution in [2.24, 2.45) is 5.92 Å². The average molecular weight is 295 g/mol. The van der Waals surface area contributed by atoms with Crippen LogP contribution in [0.1, 0.15) is 16.7 Å². The van der Waals surface area contributed by atoms with Gasteiger partial charge in [0.25, 0.3) is 0 Å². The predicted octanol–water partition coefficient (Wildman–Crippen LogP) is 2.77. The van der Waals surface area contributed by atoms with Crippen LogP contribution in [0.2, 0.25) is 0 Å². The fraction of sp³-hybridized carbons (Fsp3) is 0.316. The molecule has 3 rings (SSSR count). The van der Waals surface area contributed by atoms with Gasteiger partial charge in [0.15, 0.2) is 0 Å².